The molecule has 2 saturated heterocycles. The second kappa shape index (κ2) is 12.1. The highest BCUT2D eigenvalue weighted by Gasteiger charge is 2.47. The van der Waals surface area contributed by atoms with Crippen LogP contribution < -0.4 is 10.2 Å². The summed E-state index contributed by atoms with van der Waals surface area (Å²) in [6.45, 7) is 10.8. The van der Waals surface area contributed by atoms with E-state index in [0.717, 1.165) is 43.2 Å². The second-order valence-electron chi connectivity index (χ2n) is 13.9. The molecule has 1 unspecified atom stereocenters. The summed E-state index contributed by atoms with van der Waals surface area (Å²) in [6, 6.07) is 4.96. The van der Waals surface area contributed by atoms with Gasteiger partial charge in [-0.3, -0.25) is 9.48 Å². The van der Waals surface area contributed by atoms with Crippen molar-refractivity contribution < 1.29 is 28.2 Å². The van der Waals surface area contributed by atoms with Gasteiger partial charge in [-0.2, -0.15) is 5.10 Å². The van der Waals surface area contributed by atoms with Crippen LogP contribution in [-0.4, -0.2) is 86.3 Å². The molecule has 3 aliphatic rings. The van der Waals surface area contributed by atoms with Crippen LogP contribution in [0.3, 0.4) is 0 Å². The minimum atomic E-state index is -0.563. The van der Waals surface area contributed by atoms with Gasteiger partial charge in [0.05, 0.1) is 29.1 Å². The number of benzene rings is 1. The molecular formula is C34H42FN7O5. The average molecular weight is 648 g/mol. The van der Waals surface area contributed by atoms with E-state index in [1.807, 2.05) is 37.7 Å². The van der Waals surface area contributed by atoms with Crippen LogP contribution in [0.2, 0.25) is 0 Å². The molecule has 47 heavy (non-hydrogen) atoms. The molecule has 0 bridgehead atoms. The summed E-state index contributed by atoms with van der Waals surface area (Å²) in [5, 5.41) is 8.62. The van der Waals surface area contributed by atoms with Crippen LogP contribution in [0.1, 0.15) is 68.9 Å². The highest BCUT2D eigenvalue weighted by atomic mass is 19.1. The van der Waals surface area contributed by atoms with Crippen LogP contribution in [0.5, 0.6) is 0 Å². The number of rotatable bonds is 7. The average Bonchev–Trinajstić information content (AvgIpc) is 3.44. The SMILES string of the molecule is Cc1cn2cc(NC(=O)c3ccc(N4CCN(C(=O)OC(C)(C)C)CC4)c4cn(CC5(OC6CCCCO6)CC5)nc34)cc(F)c2n1. The van der Waals surface area contributed by atoms with Crippen molar-refractivity contribution >= 4 is 39.9 Å². The van der Waals surface area contributed by atoms with Crippen molar-refractivity contribution in [2.45, 2.75) is 83.8 Å². The van der Waals surface area contributed by atoms with Crippen molar-refractivity contribution in [3.8, 4) is 0 Å². The molecule has 1 N–H and O–H groups in total. The van der Waals surface area contributed by atoms with E-state index in [0.29, 0.717) is 61.8 Å². The van der Waals surface area contributed by atoms with E-state index in [-0.39, 0.29) is 23.6 Å². The fraction of sp³-hybridized carbons (Fsp3) is 0.529. The van der Waals surface area contributed by atoms with Gasteiger partial charge in [0.25, 0.3) is 5.91 Å². The number of hydrogen-bond acceptors (Lipinski definition) is 8. The highest BCUT2D eigenvalue weighted by Crippen LogP contribution is 2.43. The van der Waals surface area contributed by atoms with Crippen LogP contribution >= 0.6 is 0 Å². The van der Waals surface area contributed by atoms with Gasteiger partial charge in [0.1, 0.15) is 11.1 Å². The Morgan fingerprint density at radius 2 is 1.89 bits per heavy atom. The lowest BCUT2D eigenvalue weighted by atomic mass is 10.1. The largest absolute Gasteiger partial charge is 0.444 e. The predicted octanol–water partition coefficient (Wildman–Crippen LogP) is 5.52. The molecule has 13 heteroatoms. The van der Waals surface area contributed by atoms with Gasteiger partial charge in [-0.25, -0.2) is 14.2 Å². The number of aryl methyl sites for hydroxylation is 1. The normalized spacial score (nSPS) is 19.7. The monoisotopic (exact) mass is 647 g/mol. The molecule has 0 spiro atoms. The quantitative estimate of drug-likeness (QED) is 0.279. The number of ether oxygens (including phenoxy) is 3. The van der Waals surface area contributed by atoms with Crippen molar-refractivity contribution in [2.24, 2.45) is 0 Å². The number of hydrogen-bond donors (Lipinski definition) is 1. The molecule has 12 nitrogen and oxygen atoms in total. The summed E-state index contributed by atoms with van der Waals surface area (Å²) in [5.74, 6) is -0.923. The Bertz CT molecular complexity index is 1810. The first-order valence-electron chi connectivity index (χ1n) is 16.4. The highest BCUT2D eigenvalue weighted by molar-refractivity contribution is 6.14. The first kappa shape index (κ1) is 31.4. The lowest BCUT2D eigenvalue weighted by Crippen LogP contribution is -2.50. The Kier molecular flexibility index (Phi) is 8.07. The molecule has 1 atom stereocenters. The maximum Gasteiger partial charge on any atom is 0.410 e. The van der Waals surface area contributed by atoms with E-state index in [1.165, 1.54) is 6.07 Å². The molecule has 2 aliphatic heterocycles. The third kappa shape index (κ3) is 6.77. The number of halogens is 1. The van der Waals surface area contributed by atoms with E-state index in [2.05, 4.69) is 15.2 Å². The molecule has 1 saturated carbocycles. The number of fused-ring (bicyclic) bond motifs is 2. The lowest BCUT2D eigenvalue weighted by molar-refractivity contribution is -0.200. The van der Waals surface area contributed by atoms with Crippen LogP contribution in [-0.2, 0) is 20.8 Å². The van der Waals surface area contributed by atoms with Gasteiger partial charge in [0.15, 0.2) is 17.8 Å². The molecule has 3 fully saturated rings. The Hall–Kier alpha value is -4.23. The standard InChI is InChI=1S/C34H42FN7O5/c1-22-18-41-19-23(17-26(35)30(41)36-22)37-31(43)24-8-9-27(39-12-14-40(15-13-39)32(44)47-33(2,3)4)25-20-42(38-29(24)25)21-34(10-11-34)46-28-7-5-6-16-45-28/h8-9,17-20,28H,5-7,10-16,21H2,1-4H3,(H,37,43). The summed E-state index contributed by atoms with van der Waals surface area (Å²) in [5.41, 5.74) is 2.12. The van der Waals surface area contributed by atoms with Crippen molar-refractivity contribution in [2.75, 3.05) is 43.0 Å². The summed E-state index contributed by atoms with van der Waals surface area (Å²) >= 11 is 0. The number of imidazole rings is 1. The second-order valence-corrected chi connectivity index (χ2v) is 13.9. The third-order valence-corrected chi connectivity index (χ3v) is 8.88. The van der Waals surface area contributed by atoms with Gasteiger partial charge < -0.3 is 33.7 Å². The predicted molar refractivity (Wildman–Crippen MR) is 174 cm³/mol. The van der Waals surface area contributed by atoms with Crippen molar-refractivity contribution in [3.63, 3.8) is 0 Å². The molecule has 250 valence electrons. The number of nitrogens with one attached hydrogen (secondary N) is 1. The number of carbonyl (C=O) groups excluding carboxylic acids is 2. The first-order chi connectivity index (χ1) is 22.5. The zero-order chi connectivity index (χ0) is 32.9. The fourth-order valence-electron chi connectivity index (χ4n) is 6.41. The molecule has 1 aromatic carbocycles. The Morgan fingerprint density at radius 1 is 1.11 bits per heavy atom. The van der Waals surface area contributed by atoms with Gasteiger partial charge in [0.2, 0.25) is 0 Å². The zero-order valence-corrected chi connectivity index (χ0v) is 27.4. The summed E-state index contributed by atoms with van der Waals surface area (Å²) in [7, 11) is 0. The Morgan fingerprint density at radius 3 is 2.60 bits per heavy atom. The number of anilines is 2. The zero-order valence-electron chi connectivity index (χ0n) is 27.4. The molecule has 2 amide bonds. The summed E-state index contributed by atoms with van der Waals surface area (Å²) in [6.07, 6.45) is 9.67. The minimum absolute atomic E-state index is 0.201. The Labute approximate surface area is 272 Å². The maximum absolute atomic E-state index is 14.8. The maximum atomic E-state index is 14.8. The van der Waals surface area contributed by atoms with Crippen molar-refractivity contribution in [1.29, 1.82) is 0 Å². The summed E-state index contributed by atoms with van der Waals surface area (Å²) in [4.78, 5) is 34.6. The number of pyridine rings is 1. The fourth-order valence-corrected chi connectivity index (χ4v) is 6.41. The lowest BCUT2D eigenvalue weighted by Gasteiger charge is -2.37. The van der Waals surface area contributed by atoms with E-state index in [1.54, 1.807) is 34.7 Å². The third-order valence-electron chi connectivity index (χ3n) is 8.88. The van der Waals surface area contributed by atoms with Gasteiger partial charge in [-0.15, -0.1) is 0 Å². The topological polar surface area (TPSA) is 115 Å². The van der Waals surface area contributed by atoms with Gasteiger partial charge in [-0.05, 0) is 71.9 Å². The minimum Gasteiger partial charge on any atom is -0.444 e. The van der Waals surface area contributed by atoms with E-state index < -0.39 is 17.3 Å². The van der Waals surface area contributed by atoms with E-state index >= 15 is 0 Å². The first-order valence-corrected chi connectivity index (χ1v) is 16.4. The molecule has 3 aromatic heterocycles. The molecule has 1 aliphatic carbocycles. The van der Waals surface area contributed by atoms with Crippen molar-refractivity contribution in [3.05, 3.63) is 53.9 Å². The smallest absolute Gasteiger partial charge is 0.410 e. The number of aromatic nitrogens is 4. The molecular weight excluding hydrogens is 605 g/mol. The van der Waals surface area contributed by atoms with Crippen LogP contribution in [0.15, 0.2) is 36.8 Å². The Balaban J connectivity index is 1.16. The number of piperazine rings is 1. The molecule has 5 heterocycles. The molecule has 4 aromatic rings. The van der Waals surface area contributed by atoms with Crippen molar-refractivity contribution in [1.82, 2.24) is 24.1 Å². The van der Waals surface area contributed by atoms with Gasteiger partial charge in [-0.1, -0.05) is 0 Å². The van der Waals surface area contributed by atoms with E-state index in [4.69, 9.17) is 19.3 Å². The molecule has 7 rings (SSSR count). The van der Waals surface area contributed by atoms with Crippen LogP contribution in [0.25, 0.3) is 16.6 Å². The van der Waals surface area contributed by atoms with Crippen LogP contribution in [0, 0.1) is 12.7 Å². The summed E-state index contributed by atoms with van der Waals surface area (Å²) < 4.78 is 36.1. The van der Waals surface area contributed by atoms with Crippen LogP contribution in [0.4, 0.5) is 20.6 Å². The number of amides is 2. The number of nitrogens with zero attached hydrogens (tertiary/aromatic N) is 6. The molecule has 0 radical (unpaired) electrons. The van der Waals surface area contributed by atoms with E-state index in [9.17, 15) is 14.0 Å². The van der Waals surface area contributed by atoms with Gasteiger partial charge in [0, 0.05) is 68.5 Å². The number of carbonyl (C=O) groups is 2. The van der Waals surface area contributed by atoms with Gasteiger partial charge >= 0.3 is 6.09 Å².